The van der Waals surface area contributed by atoms with Crippen LogP contribution in [0.25, 0.3) is 0 Å². The van der Waals surface area contributed by atoms with Crippen LogP contribution >= 0.6 is 0 Å². The molecule has 1 heterocycles. The fourth-order valence-corrected chi connectivity index (χ4v) is 1.39. The number of methoxy groups -OCH3 is 1. The third kappa shape index (κ3) is 2.11. The molecule has 0 saturated carbocycles. The molecule has 0 bridgehead atoms. The van der Waals surface area contributed by atoms with Crippen molar-refractivity contribution in [2.45, 2.75) is 27.0 Å². The standard InChI is InChI=1S/C9H14N2O3/c1-6-8(4-9(12)13)7(2)11(10-6)5-14-3/h4-5H2,1-3H3,(H,12,13). The molecule has 0 amide bonds. The van der Waals surface area contributed by atoms with Crippen LogP contribution in [0.4, 0.5) is 0 Å². The monoisotopic (exact) mass is 198 g/mol. The van der Waals surface area contributed by atoms with Crippen molar-refractivity contribution in [3.8, 4) is 0 Å². The van der Waals surface area contributed by atoms with Gasteiger partial charge in [0.05, 0.1) is 12.1 Å². The van der Waals surface area contributed by atoms with Crippen molar-refractivity contribution in [3.63, 3.8) is 0 Å². The Morgan fingerprint density at radius 2 is 2.21 bits per heavy atom. The first-order valence-electron chi connectivity index (χ1n) is 4.30. The van der Waals surface area contributed by atoms with Gasteiger partial charge in [-0.15, -0.1) is 0 Å². The van der Waals surface area contributed by atoms with Crippen LogP contribution < -0.4 is 0 Å². The second-order valence-corrected chi connectivity index (χ2v) is 3.14. The maximum atomic E-state index is 10.6. The molecule has 0 fully saturated rings. The smallest absolute Gasteiger partial charge is 0.307 e. The zero-order valence-electron chi connectivity index (χ0n) is 8.57. The first kappa shape index (κ1) is 10.7. The van der Waals surface area contributed by atoms with E-state index in [1.807, 2.05) is 6.92 Å². The Morgan fingerprint density at radius 1 is 1.57 bits per heavy atom. The van der Waals surface area contributed by atoms with E-state index in [2.05, 4.69) is 5.10 Å². The minimum Gasteiger partial charge on any atom is -0.481 e. The van der Waals surface area contributed by atoms with Gasteiger partial charge in [-0.1, -0.05) is 0 Å². The lowest BCUT2D eigenvalue weighted by molar-refractivity contribution is -0.136. The summed E-state index contributed by atoms with van der Waals surface area (Å²) in [6.45, 7) is 4.00. The lowest BCUT2D eigenvalue weighted by atomic mass is 10.1. The van der Waals surface area contributed by atoms with Gasteiger partial charge in [0.1, 0.15) is 6.73 Å². The Morgan fingerprint density at radius 3 is 2.71 bits per heavy atom. The van der Waals surface area contributed by atoms with Gasteiger partial charge in [0.2, 0.25) is 0 Å². The van der Waals surface area contributed by atoms with Gasteiger partial charge in [-0.25, -0.2) is 4.68 Å². The van der Waals surface area contributed by atoms with Gasteiger partial charge in [0, 0.05) is 18.4 Å². The Labute approximate surface area is 82.3 Å². The highest BCUT2D eigenvalue weighted by atomic mass is 16.5. The summed E-state index contributed by atoms with van der Waals surface area (Å²) in [6, 6.07) is 0. The highest BCUT2D eigenvalue weighted by Gasteiger charge is 2.13. The third-order valence-corrected chi connectivity index (χ3v) is 2.11. The van der Waals surface area contributed by atoms with E-state index >= 15 is 0 Å². The number of carboxylic acids is 1. The Hall–Kier alpha value is -1.36. The number of carboxylic acid groups (broad SMARTS) is 1. The molecule has 1 aromatic rings. The third-order valence-electron chi connectivity index (χ3n) is 2.11. The topological polar surface area (TPSA) is 64.4 Å². The predicted octanol–water partition coefficient (Wildman–Crippen LogP) is 0.731. The maximum Gasteiger partial charge on any atom is 0.307 e. The van der Waals surface area contributed by atoms with Crippen molar-refractivity contribution in [1.82, 2.24) is 9.78 Å². The van der Waals surface area contributed by atoms with Gasteiger partial charge in [0.25, 0.3) is 0 Å². The van der Waals surface area contributed by atoms with Gasteiger partial charge < -0.3 is 9.84 Å². The van der Waals surface area contributed by atoms with Crippen molar-refractivity contribution in [2.24, 2.45) is 0 Å². The largest absolute Gasteiger partial charge is 0.481 e. The average Bonchev–Trinajstić information content (AvgIpc) is 2.33. The molecular formula is C9H14N2O3. The Balaban J connectivity index is 2.98. The van der Waals surface area contributed by atoms with Gasteiger partial charge >= 0.3 is 5.97 Å². The molecule has 0 aromatic carbocycles. The normalized spacial score (nSPS) is 10.5. The molecule has 0 atom stereocenters. The van der Waals surface area contributed by atoms with Crippen LogP contribution in [-0.2, 0) is 22.7 Å². The van der Waals surface area contributed by atoms with Gasteiger partial charge in [-0.3, -0.25) is 4.79 Å². The van der Waals surface area contributed by atoms with Gasteiger partial charge in [0.15, 0.2) is 0 Å². The molecule has 0 saturated heterocycles. The highest BCUT2D eigenvalue weighted by Crippen LogP contribution is 2.13. The number of nitrogens with zero attached hydrogens (tertiary/aromatic N) is 2. The van der Waals surface area contributed by atoms with Crippen LogP contribution in [0.2, 0.25) is 0 Å². The first-order chi connectivity index (χ1) is 6.56. The Kier molecular flexibility index (Phi) is 3.24. The van der Waals surface area contributed by atoms with Crippen molar-refractivity contribution < 1.29 is 14.6 Å². The summed E-state index contributed by atoms with van der Waals surface area (Å²) < 4.78 is 6.60. The van der Waals surface area contributed by atoms with E-state index < -0.39 is 5.97 Å². The lowest BCUT2D eigenvalue weighted by Gasteiger charge is -2.02. The SMILES string of the molecule is COCn1nc(C)c(CC(=O)O)c1C. The van der Waals surface area contributed by atoms with Crippen LogP contribution in [0.3, 0.4) is 0 Å². The quantitative estimate of drug-likeness (QED) is 0.774. The number of rotatable bonds is 4. The van der Waals surface area contributed by atoms with Crippen LogP contribution in [0.15, 0.2) is 0 Å². The van der Waals surface area contributed by atoms with Crippen LogP contribution in [0.5, 0.6) is 0 Å². The van der Waals surface area contributed by atoms with E-state index in [1.165, 1.54) is 0 Å². The molecule has 0 aliphatic rings. The predicted molar refractivity (Wildman–Crippen MR) is 50.0 cm³/mol. The zero-order chi connectivity index (χ0) is 10.7. The summed E-state index contributed by atoms with van der Waals surface area (Å²) in [5.41, 5.74) is 2.38. The molecule has 14 heavy (non-hydrogen) atoms. The number of hydrogen-bond acceptors (Lipinski definition) is 3. The lowest BCUT2D eigenvalue weighted by Crippen LogP contribution is -2.06. The number of aliphatic carboxylic acids is 1. The van der Waals surface area contributed by atoms with Crippen LogP contribution in [0, 0.1) is 13.8 Å². The minimum atomic E-state index is -0.840. The summed E-state index contributed by atoms with van der Waals surface area (Å²) in [5, 5.41) is 12.9. The molecule has 1 rings (SSSR count). The van der Waals surface area contributed by atoms with Crippen molar-refractivity contribution in [2.75, 3.05) is 7.11 Å². The molecule has 0 unspecified atom stereocenters. The highest BCUT2D eigenvalue weighted by molar-refractivity contribution is 5.70. The second-order valence-electron chi connectivity index (χ2n) is 3.14. The summed E-state index contributed by atoms with van der Waals surface area (Å²) in [7, 11) is 1.58. The van der Waals surface area contributed by atoms with Crippen LogP contribution in [0.1, 0.15) is 17.0 Å². The number of aryl methyl sites for hydroxylation is 1. The van der Waals surface area contributed by atoms with Crippen LogP contribution in [-0.4, -0.2) is 28.0 Å². The Bertz CT molecular complexity index is 344. The minimum absolute atomic E-state index is 0.0153. The summed E-state index contributed by atoms with van der Waals surface area (Å²) in [5.74, 6) is -0.840. The maximum absolute atomic E-state index is 10.6. The van der Waals surface area contributed by atoms with E-state index in [4.69, 9.17) is 9.84 Å². The molecule has 1 aromatic heterocycles. The molecule has 5 nitrogen and oxygen atoms in total. The van der Waals surface area contributed by atoms with E-state index in [-0.39, 0.29) is 6.42 Å². The molecule has 0 aliphatic heterocycles. The summed E-state index contributed by atoms with van der Waals surface area (Å²) in [4.78, 5) is 10.6. The van der Waals surface area contributed by atoms with Gasteiger partial charge in [-0.05, 0) is 13.8 Å². The molecule has 0 radical (unpaired) electrons. The van der Waals surface area contributed by atoms with E-state index in [1.54, 1.807) is 18.7 Å². The molecule has 1 N–H and O–H groups in total. The summed E-state index contributed by atoms with van der Waals surface area (Å²) >= 11 is 0. The van der Waals surface area contributed by atoms with E-state index in [0.717, 1.165) is 17.0 Å². The molecule has 5 heteroatoms. The first-order valence-corrected chi connectivity index (χ1v) is 4.30. The number of carbonyl (C=O) groups is 1. The number of hydrogen-bond donors (Lipinski definition) is 1. The van der Waals surface area contributed by atoms with E-state index in [9.17, 15) is 4.79 Å². The van der Waals surface area contributed by atoms with Crippen molar-refractivity contribution >= 4 is 5.97 Å². The molecule has 0 aliphatic carbocycles. The second kappa shape index (κ2) is 4.23. The zero-order valence-corrected chi connectivity index (χ0v) is 8.57. The van der Waals surface area contributed by atoms with Crippen molar-refractivity contribution in [3.05, 3.63) is 17.0 Å². The summed E-state index contributed by atoms with van der Waals surface area (Å²) in [6.07, 6.45) is 0.0153. The molecular weight excluding hydrogens is 184 g/mol. The molecule has 0 spiro atoms. The average molecular weight is 198 g/mol. The van der Waals surface area contributed by atoms with Crippen molar-refractivity contribution in [1.29, 1.82) is 0 Å². The van der Waals surface area contributed by atoms with E-state index in [0.29, 0.717) is 6.73 Å². The molecule has 78 valence electrons. The van der Waals surface area contributed by atoms with Gasteiger partial charge in [-0.2, -0.15) is 5.10 Å². The fraction of sp³-hybridized carbons (Fsp3) is 0.556. The number of aromatic nitrogens is 2. The fourth-order valence-electron chi connectivity index (χ4n) is 1.39. The number of ether oxygens (including phenoxy) is 1.